The molecule has 0 aromatic heterocycles. The molecule has 0 fully saturated rings. The minimum Gasteiger partial charge on any atom is -0.305 e. The molecule has 0 saturated carbocycles. The van der Waals surface area contributed by atoms with Crippen LogP contribution in [0.25, 0.3) is 0 Å². The Balaban J connectivity index is 5.08. The van der Waals surface area contributed by atoms with Crippen LogP contribution in [0, 0.1) is 5.41 Å². The second kappa shape index (κ2) is 6.06. The lowest BCUT2D eigenvalue weighted by Crippen LogP contribution is -2.02. The fourth-order valence-electron chi connectivity index (χ4n) is 1.41. The van der Waals surface area contributed by atoms with Crippen LogP contribution in [-0.4, -0.2) is 5.71 Å². The molecule has 0 spiro atoms. The van der Waals surface area contributed by atoms with Crippen LogP contribution in [0.3, 0.4) is 0 Å². The van der Waals surface area contributed by atoms with E-state index in [-0.39, 0.29) is 0 Å². The van der Waals surface area contributed by atoms with Crippen molar-refractivity contribution < 1.29 is 0 Å². The van der Waals surface area contributed by atoms with Crippen LogP contribution in [0.2, 0.25) is 0 Å². The quantitative estimate of drug-likeness (QED) is 0.511. The molecule has 0 aliphatic rings. The van der Waals surface area contributed by atoms with E-state index in [1.54, 1.807) is 6.92 Å². The largest absolute Gasteiger partial charge is 0.305 e. The Morgan fingerprint density at radius 2 is 1.44 bits per heavy atom. The minimum atomic E-state index is 0.523. The van der Waals surface area contributed by atoms with Crippen molar-refractivity contribution in [2.24, 2.45) is 0 Å². The van der Waals surface area contributed by atoms with Crippen LogP contribution < -0.4 is 0 Å². The second-order valence-corrected chi connectivity index (χ2v) is 4.18. The highest BCUT2D eigenvalue weighted by atomic mass is 14.4. The topological polar surface area (TPSA) is 23.9 Å². The molecule has 0 aromatic rings. The molecule has 1 nitrogen and oxygen atoms in total. The third kappa shape index (κ3) is 4.26. The molecule has 0 heterocycles. The van der Waals surface area contributed by atoms with Crippen molar-refractivity contribution in [1.82, 2.24) is 0 Å². The van der Waals surface area contributed by atoms with Crippen LogP contribution in [0.4, 0.5) is 0 Å². The molecule has 1 N–H and O–H groups in total. The predicted molar refractivity (Wildman–Crippen MR) is 74.0 cm³/mol. The van der Waals surface area contributed by atoms with Gasteiger partial charge in [-0.3, -0.25) is 0 Å². The van der Waals surface area contributed by atoms with E-state index < -0.39 is 0 Å². The van der Waals surface area contributed by atoms with Gasteiger partial charge in [0.2, 0.25) is 0 Å². The van der Waals surface area contributed by atoms with Gasteiger partial charge < -0.3 is 5.41 Å². The maximum absolute atomic E-state index is 7.72. The monoisotopic (exact) mass is 215 g/mol. The van der Waals surface area contributed by atoms with Gasteiger partial charge in [0, 0.05) is 11.3 Å². The van der Waals surface area contributed by atoms with Gasteiger partial charge in [0.25, 0.3) is 0 Å². The SMILES string of the molecule is C=C(C)/C=C\C(=C)C(=C)C(C(C)=N)=C(C)C. The molecule has 0 bridgehead atoms. The summed E-state index contributed by atoms with van der Waals surface area (Å²) in [6.45, 7) is 19.4. The zero-order valence-electron chi connectivity index (χ0n) is 10.8. The van der Waals surface area contributed by atoms with Gasteiger partial charge in [-0.15, -0.1) is 0 Å². The lowest BCUT2D eigenvalue weighted by molar-refractivity contribution is 1.30. The normalized spacial score (nSPS) is 10.0. The lowest BCUT2D eigenvalue weighted by atomic mass is 9.93. The van der Waals surface area contributed by atoms with Crippen molar-refractivity contribution in [2.75, 3.05) is 0 Å². The molecule has 0 radical (unpaired) electrons. The molecular weight excluding hydrogens is 194 g/mol. The van der Waals surface area contributed by atoms with Crippen molar-refractivity contribution in [2.45, 2.75) is 27.7 Å². The molecule has 0 atom stereocenters. The molecule has 0 aliphatic carbocycles. The summed E-state index contributed by atoms with van der Waals surface area (Å²) in [7, 11) is 0. The van der Waals surface area contributed by atoms with Gasteiger partial charge in [-0.1, -0.05) is 43.0 Å². The Hall–Kier alpha value is -1.63. The maximum atomic E-state index is 7.72. The van der Waals surface area contributed by atoms with E-state index in [0.29, 0.717) is 5.71 Å². The molecule has 86 valence electrons. The average Bonchev–Trinajstić information content (AvgIpc) is 2.12. The standard InChI is InChI=1S/C15H21N/c1-10(2)8-9-12(5)13(6)15(11(3)4)14(7)16/h8-9,16H,1,5-6H2,2-4,7H3/b9-8-,16-14?. The Morgan fingerprint density at radius 1 is 0.938 bits per heavy atom. The van der Waals surface area contributed by atoms with E-state index in [9.17, 15) is 0 Å². The fourth-order valence-corrected chi connectivity index (χ4v) is 1.41. The van der Waals surface area contributed by atoms with Crippen molar-refractivity contribution in [3.63, 3.8) is 0 Å². The highest BCUT2D eigenvalue weighted by Crippen LogP contribution is 2.21. The zero-order chi connectivity index (χ0) is 12.9. The van der Waals surface area contributed by atoms with Crippen molar-refractivity contribution in [3.05, 3.63) is 59.8 Å². The molecule has 0 unspecified atom stereocenters. The van der Waals surface area contributed by atoms with Crippen LogP contribution in [0.15, 0.2) is 59.8 Å². The summed E-state index contributed by atoms with van der Waals surface area (Å²) in [6.07, 6.45) is 3.78. The van der Waals surface area contributed by atoms with Crippen molar-refractivity contribution in [3.8, 4) is 0 Å². The zero-order valence-corrected chi connectivity index (χ0v) is 10.8. The molecule has 0 saturated heterocycles. The van der Waals surface area contributed by atoms with E-state index in [1.807, 2.05) is 32.9 Å². The summed E-state index contributed by atoms with van der Waals surface area (Å²) >= 11 is 0. The van der Waals surface area contributed by atoms with Gasteiger partial charge in [-0.05, 0) is 38.8 Å². The van der Waals surface area contributed by atoms with Gasteiger partial charge in [-0.25, -0.2) is 0 Å². The van der Waals surface area contributed by atoms with E-state index >= 15 is 0 Å². The van der Waals surface area contributed by atoms with E-state index in [1.165, 1.54) is 0 Å². The van der Waals surface area contributed by atoms with Crippen LogP contribution >= 0.6 is 0 Å². The molecule has 0 aliphatic heterocycles. The third-order valence-corrected chi connectivity index (χ3v) is 2.13. The molecule has 16 heavy (non-hydrogen) atoms. The molecule has 1 heteroatoms. The van der Waals surface area contributed by atoms with Crippen molar-refractivity contribution >= 4 is 5.71 Å². The summed E-state index contributed by atoms with van der Waals surface area (Å²) in [5, 5.41) is 7.72. The predicted octanol–water partition coefficient (Wildman–Crippen LogP) is 4.61. The highest BCUT2D eigenvalue weighted by molar-refractivity contribution is 6.01. The van der Waals surface area contributed by atoms with E-state index in [2.05, 4.69) is 19.7 Å². The summed E-state index contributed by atoms with van der Waals surface area (Å²) in [4.78, 5) is 0. The summed E-state index contributed by atoms with van der Waals surface area (Å²) < 4.78 is 0. The van der Waals surface area contributed by atoms with E-state index in [0.717, 1.165) is 27.9 Å². The smallest absolute Gasteiger partial charge is 0.0360 e. The Morgan fingerprint density at radius 3 is 1.75 bits per heavy atom. The summed E-state index contributed by atoms with van der Waals surface area (Å²) in [5.41, 5.74) is 5.10. The van der Waals surface area contributed by atoms with Gasteiger partial charge in [-0.2, -0.15) is 0 Å². The Bertz CT molecular complexity index is 399. The summed E-state index contributed by atoms with van der Waals surface area (Å²) in [5.74, 6) is 0. The lowest BCUT2D eigenvalue weighted by Gasteiger charge is -2.12. The number of hydrogen-bond donors (Lipinski definition) is 1. The van der Waals surface area contributed by atoms with Crippen LogP contribution in [-0.2, 0) is 0 Å². The van der Waals surface area contributed by atoms with Gasteiger partial charge in [0.05, 0.1) is 0 Å². The van der Waals surface area contributed by atoms with E-state index in [4.69, 9.17) is 5.41 Å². The van der Waals surface area contributed by atoms with Gasteiger partial charge in [0.15, 0.2) is 0 Å². The fraction of sp³-hybridized carbons (Fsp3) is 0.267. The molecule has 0 rings (SSSR count). The number of nitrogens with one attached hydrogen (secondary N) is 1. The van der Waals surface area contributed by atoms with Crippen LogP contribution in [0.5, 0.6) is 0 Å². The third-order valence-electron chi connectivity index (χ3n) is 2.13. The first-order chi connectivity index (χ1) is 7.27. The second-order valence-electron chi connectivity index (χ2n) is 4.18. The Kier molecular flexibility index (Phi) is 5.44. The summed E-state index contributed by atoms with van der Waals surface area (Å²) in [6, 6.07) is 0. The maximum Gasteiger partial charge on any atom is 0.0360 e. The highest BCUT2D eigenvalue weighted by Gasteiger charge is 2.08. The average molecular weight is 215 g/mol. The molecule has 0 aromatic carbocycles. The number of hydrogen-bond acceptors (Lipinski definition) is 1. The Labute approximate surface area is 99.1 Å². The first-order valence-corrected chi connectivity index (χ1v) is 5.22. The first kappa shape index (κ1) is 14.4. The molecule has 0 amide bonds. The van der Waals surface area contributed by atoms with Gasteiger partial charge in [0.1, 0.15) is 0 Å². The van der Waals surface area contributed by atoms with Crippen molar-refractivity contribution in [1.29, 1.82) is 5.41 Å². The molecular formula is C15H21N. The van der Waals surface area contributed by atoms with Gasteiger partial charge >= 0.3 is 0 Å². The number of rotatable bonds is 5. The first-order valence-electron chi connectivity index (χ1n) is 5.22. The number of allylic oxidation sites excluding steroid dienone is 7. The van der Waals surface area contributed by atoms with Crippen LogP contribution in [0.1, 0.15) is 27.7 Å². The minimum absolute atomic E-state index is 0.523.